The highest BCUT2D eigenvalue weighted by Crippen LogP contribution is 2.24. The molecule has 1 saturated heterocycles. The number of rotatable bonds is 3. The minimum Gasteiger partial charge on any atom is -0.493 e. The third-order valence-electron chi connectivity index (χ3n) is 3.56. The average Bonchev–Trinajstić information content (AvgIpc) is 2.46. The minimum absolute atomic E-state index is 0.276. The number of halogens is 1. The van der Waals surface area contributed by atoms with Crippen LogP contribution in [0.1, 0.15) is 12.8 Å². The number of aromatic nitrogens is 1. The van der Waals surface area contributed by atoms with Gasteiger partial charge in [0.25, 0.3) is 0 Å². The lowest BCUT2D eigenvalue weighted by Gasteiger charge is -2.22. The standard InChI is InChI=1S/C15H17FN2O/c16-15-7-13(6-12-3-5-18-9-14(12)15)19-10-11-2-1-4-17-8-11/h3,5-7,9,11,17H,1-2,4,8,10H2. The van der Waals surface area contributed by atoms with Crippen LogP contribution in [-0.4, -0.2) is 24.7 Å². The van der Waals surface area contributed by atoms with Crippen molar-refractivity contribution in [3.05, 3.63) is 36.4 Å². The molecule has 3 nitrogen and oxygen atoms in total. The van der Waals surface area contributed by atoms with Crippen LogP contribution in [0.3, 0.4) is 0 Å². The molecule has 1 unspecified atom stereocenters. The van der Waals surface area contributed by atoms with Crippen LogP contribution in [-0.2, 0) is 0 Å². The summed E-state index contributed by atoms with van der Waals surface area (Å²) in [7, 11) is 0. The van der Waals surface area contributed by atoms with Crippen LogP contribution in [0, 0.1) is 11.7 Å². The Hall–Kier alpha value is -1.68. The zero-order valence-electron chi connectivity index (χ0n) is 10.7. The van der Waals surface area contributed by atoms with Gasteiger partial charge in [-0.2, -0.15) is 0 Å². The van der Waals surface area contributed by atoms with Gasteiger partial charge in [-0.25, -0.2) is 4.39 Å². The smallest absolute Gasteiger partial charge is 0.136 e. The molecule has 1 aromatic heterocycles. The summed E-state index contributed by atoms with van der Waals surface area (Å²) < 4.78 is 19.6. The van der Waals surface area contributed by atoms with E-state index in [0.29, 0.717) is 23.7 Å². The van der Waals surface area contributed by atoms with Crippen LogP contribution in [0.4, 0.5) is 4.39 Å². The highest BCUT2D eigenvalue weighted by Gasteiger charge is 2.14. The summed E-state index contributed by atoms with van der Waals surface area (Å²) in [5, 5.41) is 4.71. The molecule has 100 valence electrons. The van der Waals surface area contributed by atoms with Gasteiger partial charge in [-0.15, -0.1) is 0 Å². The van der Waals surface area contributed by atoms with Gasteiger partial charge in [0.15, 0.2) is 0 Å². The van der Waals surface area contributed by atoms with Crippen molar-refractivity contribution in [1.29, 1.82) is 0 Å². The molecule has 0 spiro atoms. The molecule has 2 heterocycles. The first kappa shape index (κ1) is 12.4. The van der Waals surface area contributed by atoms with Crippen LogP contribution in [0.15, 0.2) is 30.6 Å². The van der Waals surface area contributed by atoms with E-state index < -0.39 is 0 Å². The fourth-order valence-electron chi connectivity index (χ4n) is 2.49. The maximum atomic E-state index is 13.9. The number of hydrogen-bond acceptors (Lipinski definition) is 3. The van der Waals surface area contributed by atoms with Crippen molar-refractivity contribution in [3.63, 3.8) is 0 Å². The van der Waals surface area contributed by atoms with Crippen molar-refractivity contribution in [2.45, 2.75) is 12.8 Å². The van der Waals surface area contributed by atoms with Gasteiger partial charge in [0.1, 0.15) is 11.6 Å². The van der Waals surface area contributed by atoms with E-state index >= 15 is 0 Å². The van der Waals surface area contributed by atoms with E-state index in [4.69, 9.17) is 4.74 Å². The molecular formula is C15H17FN2O. The number of piperidine rings is 1. The summed E-state index contributed by atoms with van der Waals surface area (Å²) in [5.74, 6) is 0.842. The molecule has 4 heteroatoms. The van der Waals surface area contributed by atoms with E-state index in [1.54, 1.807) is 18.5 Å². The van der Waals surface area contributed by atoms with Crippen molar-refractivity contribution in [3.8, 4) is 5.75 Å². The lowest BCUT2D eigenvalue weighted by Crippen LogP contribution is -2.33. The van der Waals surface area contributed by atoms with E-state index in [1.807, 2.05) is 6.07 Å². The van der Waals surface area contributed by atoms with E-state index in [9.17, 15) is 4.39 Å². The summed E-state index contributed by atoms with van der Waals surface area (Å²) in [6.07, 6.45) is 5.56. The number of hydrogen-bond donors (Lipinski definition) is 1. The minimum atomic E-state index is -0.276. The summed E-state index contributed by atoms with van der Waals surface area (Å²) in [5.41, 5.74) is 0. The van der Waals surface area contributed by atoms with Crippen LogP contribution in [0.2, 0.25) is 0 Å². The van der Waals surface area contributed by atoms with E-state index in [2.05, 4.69) is 10.3 Å². The number of fused-ring (bicyclic) bond motifs is 1. The Morgan fingerprint density at radius 1 is 1.42 bits per heavy atom. The van der Waals surface area contributed by atoms with E-state index in [-0.39, 0.29) is 5.82 Å². The van der Waals surface area contributed by atoms with E-state index in [1.165, 1.54) is 18.9 Å². The van der Waals surface area contributed by atoms with Crippen LogP contribution >= 0.6 is 0 Å². The molecule has 1 atom stereocenters. The van der Waals surface area contributed by atoms with Crippen molar-refractivity contribution in [2.24, 2.45) is 5.92 Å². The third-order valence-corrected chi connectivity index (χ3v) is 3.56. The van der Waals surface area contributed by atoms with Crippen molar-refractivity contribution < 1.29 is 9.13 Å². The van der Waals surface area contributed by atoms with Gasteiger partial charge in [0.05, 0.1) is 6.61 Å². The SMILES string of the molecule is Fc1cc(OCC2CCCNC2)cc2ccncc12. The second-order valence-electron chi connectivity index (χ2n) is 5.03. The Morgan fingerprint density at radius 2 is 2.37 bits per heavy atom. The fraction of sp³-hybridized carbons (Fsp3) is 0.400. The first-order valence-electron chi connectivity index (χ1n) is 6.70. The highest BCUT2D eigenvalue weighted by molar-refractivity contribution is 5.83. The monoisotopic (exact) mass is 260 g/mol. The molecule has 0 aliphatic carbocycles. The van der Waals surface area contributed by atoms with Crippen molar-refractivity contribution >= 4 is 10.8 Å². The molecule has 0 amide bonds. The topological polar surface area (TPSA) is 34.1 Å². The molecule has 1 N–H and O–H groups in total. The summed E-state index contributed by atoms with van der Waals surface area (Å²) >= 11 is 0. The van der Waals surface area contributed by atoms with Gasteiger partial charge < -0.3 is 10.1 Å². The fourth-order valence-corrected chi connectivity index (χ4v) is 2.49. The lowest BCUT2D eigenvalue weighted by molar-refractivity contribution is 0.218. The first-order valence-corrected chi connectivity index (χ1v) is 6.70. The maximum Gasteiger partial charge on any atom is 0.136 e. The van der Waals surface area contributed by atoms with Crippen molar-refractivity contribution in [1.82, 2.24) is 10.3 Å². The predicted octanol–water partition coefficient (Wildman–Crippen LogP) is 2.75. The maximum absolute atomic E-state index is 13.9. The van der Waals surface area contributed by atoms with Gasteiger partial charge in [-0.05, 0) is 36.9 Å². The quantitative estimate of drug-likeness (QED) is 0.921. The molecule has 19 heavy (non-hydrogen) atoms. The Morgan fingerprint density at radius 3 is 3.21 bits per heavy atom. The molecule has 0 radical (unpaired) electrons. The first-order chi connectivity index (χ1) is 9.33. The highest BCUT2D eigenvalue weighted by atomic mass is 19.1. The second kappa shape index (κ2) is 5.53. The van der Waals surface area contributed by atoms with Crippen LogP contribution in [0.5, 0.6) is 5.75 Å². The summed E-state index contributed by atoms with van der Waals surface area (Å²) in [6.45, 7) is 2.72. The largest absolute Gasteiger partial charge is 0.493 e. The van der Waals surface area contributed by atoms with Gasteiger partial charge in [-0.1, -0.05) is 0 Å². The van der Waals surface area contributed by atoms with Crippen LogP contribution < -0.4 is 10.1 Å². The molecule has 0 saturated carbocycles. The Bertz CT molecular complexity index is 567. The van der Waals surface area contributed by atoms with Gasteiger partial charge >= 0.3 is 0 Å². The molecule has 1 fully saturated rings. The number of pyridine rings is 1. The van der Waals surface area contributed by atoms with Crippen LogP contribution in [0.25, 0.3) is 10.8 Å². The second-order valence-corrected chi connectivity index (χ2v) is 5.03. The molecule has 1 aliphatic rings. The van der Waals surface area contributed by atoms with Gasteiger partial charge in [0.2, 0.25) is 0 Å². The summed E-state index contributed by atoms with van der Waals surface area (Å²) in [4.78, 5) is 3.93. The van der Waals surface area contributed by atoms with Gasteiger partial charge in [0, 0.05) is 36.3 Å². The normalized spacial score (nSPS) is 19.5. The Balaban J connectivity index is 1.73. The lowest BCUT2D eigenvalue weighted by atomic mass is 10.0. The predicted molar refractivity (Wildman–Crippen MR) is 72.8 cm³/mol. The third kappa shape index (κ3) is 2.84. The summed E-state index contributed by atoms with van der Waals surface area (Å²) in [6, 6.07) is 5.12. The molecular weight excluding hydrogens is 243 g/mol. The number of nitrogens with zero attached hydrogens (tertiary/aromatic N) is 1. The number of ether oxygens (including phenoxy) is 1. The Kier molecular flexibility index (Phi) is 3.60. The molecule has 1 aliphatic heterocycles. The zero-order chi connectivity index (χ0) is 13.1. The molecule has 0 bridgehead atoms. The van der Waals surface area contributed by atoms with E-state index in [0.717, 1.165) is 18.5 Å². The Labute approximate surface area is 111 Å². The van der Waals surface area contributed by atoms with Gasteiger partial charge in [-0.3, -0.25) is 4.98 Å². The average molecular weight is 260 g/mol. The molecule has 3 rings (SSSR count). The molecule has 1 aromatic carbocycles. The number of benzene rings is 1. The zero-order valence-corrected chi connectivity index (χ0v) is 10.7. The molecule has 2 aromatic rings. The van der Waals surface area contributed by atoms with Crippen molar-refractivity contribution in [2.75, 3.05) is 19.7 Å². The number of nitrogens with one attached hydrogen (secondary N) is 1.